The number of fused-ring (bicyclic) bond motifs is 1. The molecule has 1 aromatic heterocycles. The second-order valence-electron chi connectivity index (χ2n) is 3.83. The number of amides is 1. The van der Waals surface area contributed by atoms with Crippen molar-refractivity contribution in [1.82, 2.24) is 10.2 Å². The first-order valence-electron chi connectivity index (χ1n) is 5.20. The number of benzene rings is 1. The lowest BCUT2D eigenvalue weighted by molar-refractivity contribution is -0.114. The predicted molar refractivity (Wildman–Crippen MR) is 71.9 cm³/mol. The molecule has 0 saturated carbocycles. The number of halogens is 2. The van der Waals surface area contributed by atoms with E-state index in [2.05, 4.69) is 10.2 Å². The van der Waals surface area contributed by atoms with Crippen LogP contribution in [0.25, 0.3) is 0 Å². The van der Waals surface area contributed by atoms with Crippen LogP contribution in [-0.2, 0) is 11.3 Å². The standard InChI is InChI=1S/C11H5Cl2N3O2S/c12-5-1-2-7-6(3-5)9(17)10(18)16(7)4-8-14-15-11(13)19-8/h1-3H,4H2. The summed E-state index contributed by atoms with van der Waals surface area (Å²) in [4.78, 5) is 25.1. The normalized spacial score (nSPS) is 14.1. The molecule has 0 fully saturated rings. The van der Waals surface area contributed by atoms with Crippen molar-refractivity contribution in [2.75, 3.05) is 4.90 Å². The van der Waals surface area contributed by atoms with Gasteiger partial charge < -0.3 is 0 Å². The molecule has 19 heavy (non-hydrogen) atoms. The molecule has 0 spiro atoms. The first-order chi connectivity index (χ1) is 9.06. The Kier molecular flexibility index (Phi) is 3.00. The Morgan fingerprint density at radius 2 is 2.00 bits per heavy atom. The number of Topliss-reactive ketones (excluding diaryl/α,β-unsaturated/α-hetero) is 1. The molecule has 1 aromatic carbocycles. The number of ketones is 1. The highest BCUT2D eigenvalue weighted by molar-refractivity contribution is 7.15. The van der Waals surface area contributed by atoms with Gasteiger partial charge in [0.1, 0.15) is 5.01 Å². The highest BCUT2D eigenvalue weighted by atomic mass is 35.5. The topological polar surface area (TPSA) is 63.2 Å². The lowest BCUT2D eigenvalue weighted by Crippen LogP contribution is -2.29. The summed E-state index contributed by atoms with van der Waals surface area (Å²) in [6.45, 7) is 0.170. The zero-order valence-electron chi connectivity index (χ0n) is 9.26. The van der Waals surface area contributed by atoms with Crippen molar-refractivity contribution in [1.29, 1.82) is 0 Å². The Hall–Kier alpha value is -1.50. The molecule has 2 heterocycles. The molecule has 0 saturated heterocycles. The van der Waals surface area contributed by atoms with Crippen LogP contribution in [0.15, 0.2) is 18.2 Å². The molecular formula is C11H5Cl2N3O2S. The summed E-state index contributed by atoms with van der Waals surface area (Å²) >= 11 is 12.7. The van der Waals surface area contributed by atoms with Crippen LogP contribution in [0.1, 0.15) is 15.4 Å². The van der Waals surface area contributed by atoms with Crippen molar-refractivity contribution in [2.45, 2.75) is 6.54 Å². The van der Waals surface area contributed by atoms with Crippen molar-refractivity contribution in [3.8, 4) is 0 Å². The zero-order valence-corrected chi connectivity index (χ0v) is 11.6. The SMILES string of the molecule is O=C1C(=O)N(Cc2nnc(Cl)s2)c2ccc(Cl)cc21. The quantitative estimate of drug-likeness (QED) is 0.799. The van der Waals surface area contributed by atoms with Crippen LogP contribution in [0, 0.1) is 0 Å². The molecule has 0 unspecified atom stereocenters. The molecule has 3 rings (SSSR count). The van der Waals surface area contributed by atoms with Gasteiger partial charge in [-0.25, -0.2) is 0 Å². The van der Waals surface area contributed by atoms with E-state index in [4.69, 9.17) is 23.2 Å². The third-order valence-electron chi connectivity index (χ3n) is 2.67. The maximum Gasteiger partial charge on any atom is 0.299 e. The van der Waals surface area contributed by atoms with Crippen LogP contribution >= 0.6 is 34.5 Å². The monoisotopic (exact) mass is 313 g/mol. The summed E-state index contributed by atoms with van der Waals surface area (Å²) in [5, 5.41) is 8.48. The van der Waals surface area contributed by atoms with E-state index in [1.165, 1.54) is 22.3 Å². The van der Waals surface area contributed by atoms with Gasteiger partial charge in [-0.15, -0.1) is 10.2 Å². The fourth-order valence-corrected chi connectivity index (χ4v) is 2.89. The molecule has 0 bridgehead atoms. The Morgan fingerprint density at radius 3 is 2.68 bits per heavy atom. The van der Waals surface area contributed by atoms with E-state index in [-0.39, 0.29) is 6.54 Å². The second-order valence-corrected chi connectivity index (χ2v) is 5.91. The van der Waals surface area contributed by atoms with Crippen molar-refractivity contribution < 1.29 is 9.59 Å². The summed E-state index contributed by atoms with van der Waals surface area (Å²) in [5.74, 6) is -1.16. The molecular weight excluding hydrogens is 309 g/mol. The first-order valence-corrected chi connectivity index (χ1v) is 6.77. The smallest absolute Gasteiger partial charge is 0.298 e. The van der Waals surface area contributed by atoms with Crippen molar-refractivity contribution in [3.63, 3.8) is 0 Å². The maximum absolute atomic E-state index is 11.9. The first kappa shape index (κ1) is 12.5. The van der Waals surface area contributed by atoms with E-state index in [1.807, 2.05) is 0 Å². The molecule has 2 aromatic rings. The van der Waals surface area contributed by atoms with Gasteiger partial charge >= 0.3 is 0 Å². The van der Waals surface area contributed by atoms with E-state index in [1.54, 1.807) is 12.1 Å². The molecule has 5 nitrogen and oxygen atoms in total. The van der Waals surface area contributed by atoms with E-state index in [0.29, 0.717) is 25.7 Å². The van der Waals surface area contributed by atoms with Gasteiger partial charge in [-0.3, -0.25) is 14.5 Å². The number of hydrogen-bond acceptors (Lipinski definition) is 5. The van der Waals surface area contributed by atoms with Crippen LogP contribution in [0.2, 0.25) is 9.49 Å². The number of anilines is 1. The average molecular weight is 314 g/mol. The Labute approximate surface area is 121 Å². The summed E-state index contributed by atoms with van der Waals surface area (Å²) in [6.07, 6.45) is 0. The Morgan fingerprint density at radius 1 is 1.21 bits per heavy atom. The fourth-order valence-electron chi connectivity index (χ4n) is 1.86. The van der Waals surface area contributed by atoms with Crippen LogP contribution in [0.4, 0.5) is 5.69 Å². The Bertz CT molecular complexity index is 701. The van der Waals surface area contributed by atoms with Gasteiger partial charge in [-0.1, -0.05) is 22.9 Å². The molecule has 96 valence electrons. The van der Waals surface area contributed by atoms with Gasteiger partial charge in [-0.05, 0) is 29.8 Å². The predicted octanol–water partition coefficient (Wildman–Crippen LogP) is 2.57. The fraction of sp³-hybridized carbons (Fsp3) is 0.0909. The highest BCUT2D eigenvalue weighted by Crippen LogP contribution is 2.32. The average Bonchev–Trinajstić information content (AvgIpc) is 2.88. The van der Waals surface area contributed by atoms with Crippen LogP contribution in [-0.4, -0.2) is 21.9 Å². The molecule has 1 amide bonds. The summed E-state index contributed by atoms with van der Waals surface area (Å²) < 4.78 is 0.296. The lowest BCUT2D eigenvalue weighted by atomic mass is 10.1. The van der Waals surface area contributed by atoms with Gasteiger partial charge in [0.05, 0.1) is 17.8 Å². The van der Waals surface area contributed by atoms with Crippen molar-refractivity contribution >= 4 is 51.9 Å². The summed E-state index contributed by atoms with van der Waals surface area (Å²) in [6, 6.07) is 4.76. The number of carbonyl (C=O) groups is 2. The number of nitrogens with zero attached hydrogens (tertiary/aromatic N) is 3. The Balaban J connectivity index is 1.99. The van der Waals surface area contributed by atoms with Crippen molar-refractivity contribution in [3.05, 3.63) is 38.3 Å². The van der Waals surface area contributed by atoms with Crippen LogP contribution in [0.5, 0.6) is 0 Å². The van der Waals surface area contributed by atoms with Crippen molar-refractivity contribution in [2.24, 2.45) is 0 Å². The summed E-state index contributed by atoms with van der Waals surface area (Å²) in [7, 11) is 0. The van der Waals surface area contributed by atoms with Crippen LogP contribution < -0.4 is 4.90 Å². The minimum atomic E-state index is -0.594. The van der Waals surface area contributed by atoms with Gasteiger partial charge in [0.15, 0.2) is 0 Å². The summed E-state index contributed by atoms with van der Waals surface area (Å²) in [5.41, 5.74) is 0.846. The third kappa shape index (κ3) is 2.11. The van der Waals surface area contributed by atoms with Gasteiger partial charge in [0.2, 0.25) is 4.47 Å². The number of rotatable bonds is 2. The molecule has 0 atom stereocenters. The lowest BCUT2D eigenvalue weighted by Gasteiger charge is -2.14. The minimum Gasteiger partial charge on any atom is -0.298 e. The largest absolute Gasteiger partial charge is 0.299 e. The second kappa shape index (κ2) is 4.56. The van der Waals surface area contributed by atoms with E-state index in [0.717, 1.165) is 0 Å². The molecule has 1 aliphatic rings. The minimum absolute atomic E-state index is 0.170. The van der Waals surface area contributed by atoms with Gasteiger partial charge in [0.25, 0.3) is 11.7 Å². The van der Waals surface area contributed by atoms with Gasteiger partial charge in [0, 0.05) is 5.02 Å². The number of aromatic nitrogens is 2. The molecule has 0 radical (unpaired) electrons. The van der Waals surface area contributed by atoms with Gasteiger partial charge in [-0.2, -0.15) is 0 Å². The molecule has 0 aliphatic carbocycles. The zero-order chi connectivity index (χ0) is 13.6. The highest BCUT2D eigenvalue weighted by Gasteiger charge is 2.36. The number of carbonyl (C=O) groups excluding carboxylic acids is 2. The molecule has 0 N–H and O–H groups in total. The molecule has 1 aliphatic heterocycles. The van der Waals surface area contributed by atoms with E-state index >= 15 is 0 Å². The van der Waals surface area contributed by atoms with E-state index in [9.17, 15) is 9.59 Å². The third-order valence-corrected chi connectivity index (χ3v) is 3.91. The number of hydrogen-bond donors (Lipinski definition) is 0. The van der Waals surface area contributed by atoms with Crippen LogP contribution in [0.3, 0.4) is 0 Å². The molecule has 8 heteroatoms. The van der Waals surface area contributed by atoms with E-state index < -0.39 is 11.7 Å². The maximum atomic E-state index is 11.9.